The summed E-state index contributed by atoms with van der Waals surface area (Å²) in [4.78, 5) is 0. The lowest BCUT2D eigenvalue weighted by Gasteiger charge is -2.18. The number of fused-ring (bicyclic) bond motifs is 5. The van der Waals surface area contributed by atoms with Gasteiger partial charge in [0.25, 0.3) is 0 Å². The number of benzene rings is 3. The van der Waals surface area contributed by atoms with Crippen LogP contribution in [0.3, 0.4) is 0 Å². The SMILES string of the molecule is Cc1ccc2c3ccc(CC(C)(C)C)cc3n3c4cc(F)cc5cc[n+](C)c(c1c23)c54. The molecule has 31 heavy (non-hydrogen) atoms. The van der Waals surface area contributed by atoms with Gasteiger partial charge in [-0.1, -0.05) is 45.0 Å². The third-order valence-corrected chi connectivity index (χ3v) is 6.60. The molecule has 0 fully saturated rings. The van der Waals surface area contributed by atoms with Crippen LogP contribution in [0.25, 0.3) is 49.0 Å². The number of halogens is 1. The van der Waals surface area contributed by atoms with Crippen LogP contribution in [0.5, 0.6) is 0 Å². The maximum absolute atomic E-state index is 14.8. The molecule has 0 amide bonds. The second-order valence-corrected chi connectivity index (χ2v) is 10.2. The Labute approximate surface area is 180 Å². The average Bonchev–Trinajstić information content (AvgIpc) is 3.01. The zero-order chi connectivity index (χ0) is 21.7. The fraction of sp³-hybridized carbons (Fsp3) is 0.250. The van der Waals surface area contributed by atoms with E-state index in [0.29, 0.717) is 0 Å². The molecule has 0 atom stereocenters. The molecule has 2 nitrogen and oxygen atoms in total. The third-order valence-electron chi connectivity index (χ3n) is 6.60. The highest BCUT2D eigenvalue weighted by molar-refractivity contribution is 6.25. The maximum Gasteiger partial charge on any atom is 0.224 e. The van der Waals surface area contributed by atoms with Gasteiger partial charge in [0.15, 0.2) is 6.20 Å². The summed E-state index contributed by atoms with van der Waals surface area (Å²) in [7, 11) is 2.08. The molecule has 154 valence electrons. The standard InChI is InChI=1S/C28H26FN2/c1-16-6-8-21-20-9-7-17(15-28(2,3)4)12-22(20)31-23-14-19(29)13-18-10-11-30(5)27(25(18)23)24(16)26(21)31/h6-14H,15H2,1-5H3/q+1. The van der Waals surface area contributed by atoms with E-state index in [1.54, 1.807) is 12.1 Å². The van der Waals surface area contributed by atoms with Crippen LogP contribution >= 0.6 is 0 Å². The molecule has 3 heteroatoms. The van der Waals surface area contributed by atoms with Crippen molar-refractivity contribution in [2.45, 2.75) is 34.1 Å². The molecular formula is C28H26FN2+. The summed E-state index contributed by atoms with van der Waals surface area (Å²) in [5.74, 6) is -0.195. The molecule has 0 unspecified atom stereocenters. The highest BCUT2D eigenvalue weighted by Gasteiger charge is 2.24. The fourth-order valence-electron chi connectivity index (χ4n) is 5.45. The Hall–Kier alpha value is -3.20. The van der Waals surface area contributed by atoms with Crippen molar-refractivity contribution < 1.29 is 8.96 Å². The highest BCUT2D eigenvalue weighted by atomic mass is 19.1. The van der Waals surface area contributed by atoms with E-state index in [4.69, 9.17) is 0 Å². The zero-order valence-corrected chi connectivity index (χ0v) is 18.7. The van der Waals surface area contributed by atoms with Gasteiger partial charge in [-0.2, -0.15) is 0 Å². The van der Waals surface area contributed by atoms with Crippen molar-refractivity contribution in [1.82, 2.24) is 4.40 Å². The van der Waals surface area contributed by atoms with Crippen LogP contribution in [0.4, 0.5) is 4.39 Å². The van der Waals surface area contributed by atoms with Crippen LogP contribution in [0.1, 0.15) is 31.9 Å². The van der Waals surface area contributed by atoms with Crippen molar-refractivity contribution in [2.24, 2.45) is 12.5 Å². The minimum atomic E-state index is -0.195. The summed E-state index contributed by atoms with van der Waals surface area (Å²) in [5.41, 5.74) is 7.21. The molecule has 0 bridgehead atoms. The minimum Gasteiger partial charge on any atom is -0.307 e. The fourth-order valence-corrected chi connectivity index (χ4v) is 5.45. The first kappa shape index (κ1) is 18.6. The number of rotatable bonds is 1. The van der Waals surface area contributed by atoms with Crippen LogP contribution in [0, 0.1) is 18.2 Å². The molecular weight excluding hydrogens is 383 g/mol. The molecule has 0 spiro atoms. The van der Waals surface area contributed by atoms with Crippen molar-refractivity contribution >= 4 is 49.0 Å². The number of hydrogen-bond acceptors (Lipinski definition) is 0. The predicted octanol–water partition coefficient (Wildman–Crippen LogP) is 6.85. The quantitative estimate of drug-likeness (QED) is 0.159. The topological polar surface area (TPSA) is 8.29 Å². The van der Waals surface area contributed by atoms with E-state index in [0.717, 1.165) is 28.2 Å². The van der Waals surface area contributed by atoms with Crippen LogP contribution in [-0.2, 0) is 13.5 Å². The van der Waals surface area contributed by atoms with Gasteiger partial charge in [-0.3, -0.25) is 0 Å². The first-order chi connectivity index (χ1) is 14.7. The van der Waals surface area contributed by atoms with Crippen molar-refractivity contribution in [3.63, 3.8) is 0 Å². The van der Waals surface area contributed by atoms with E-state index < -0.39 is 0 Å². The smallest absolute Gasteiger partial charge is 0.224 e. The first-order valence-corrected chi connectivity index (χ1v) is 10.9. The number of aromatic nitrogens is 2. The van der Waals surface area contributed by atoms with Crippen LogP contribution < -0.4 is 4.57 Å². The summed E-state index contributed by atoms with van der Waals surface area (Å²) in [5, 5.41) is 5.76. The summed E-state index contributed by atoms with van der Waals surface area (Å²) >= 11 is 0. The Bertz CT molecular complexity index is 1660. The number of nitrogens with zero attached hydrogens (tertiary/aromatic N) is 2. The van der Waals surface area contributed by atoms with E-state index in [1.807, 2.05) is 12.3 Å². The van der Waals surface area contributed by atoms with Gasteiger partial charge in [0.1, 0.15) is 12.9 Å². The second-order valence-electron chi connectivity index (χ2n) is 10.2. The molecule has 0 aliphatic rings. The molecule has 6 rings (SSSR count). The first-order valence-electron chi connectivity index (χ1n) is 10.9. The summed E-state index contributed by atoms with van der Waals surface area (Å²) in [6.07, 6.45) is 3.04. The Morgan fingerprint density at radius 3 is 2.45 bits per heavy atom. The van der Waals surface area contributed by atoms with Crippen LogP contribution in [0.15, 0.2) is 54.7 Å². The third kappa shape index (κ3) is 2.52. The van der Waals surface area contributed by atoms with E-state index in [9.17, 15) is 4.39 Å². The van der Waals surface area contributed by atoms with Crippen molar-refractivity contribution in [3.8, 4) is 0 Å². The van der Waals surface area contributed by atoms with Gasteiger partial charge in [-0.25, -0.2) is 8.96 Å². The van der Waals surface area contributed by atoms with Gasteiger partial charge in [0.2, 0.25) is 5.52 Å². The predicted molar refractivity (Wildman–Crippen MR) is 128 cm³/mol. The summed E-state index contributed by atoms with van der Waals surface area (Å²) < 4.78 is 19.2. The zero-order valence-electron chi connectivity index (χ0n) is 18.7. The minimum absolute atomic E-state index is 0.195. The largest absolute Gasteiger partial charge is 0.307 e. The van der Waals surface area contributed by atoms with E-state index in [-0.39, 0.29) is 11.2 Å². The van der Waals surface area contributed by atoms with Crippen molar-refractivity contribution in [1.29, 1.82) is 0 Å². The monoisotopic (exact) mass is 409 g/mol. The van der Waals surface area contributed by atoms with Gasteiger partial charge in [0, 0.05) is 16.8 Å². The number of aryl methyl sites for hydroxylation is 2. The highest BCUT2D eigenvalue weighted by Crippen LogP contribution is 2.41. The van der Waals surface area contributed by atoms with Gasteiger partial charge >= 0.3 is 0 Å². The molecule has 0 aliphatic heterocycles. The number of hydrogen-bond donors (Lipinski definition) is 0. The lowest BCUT2D eigenvalue weighted by molar-refractivity contribution is -0.643. The van der Waals surface area contributed by atoms with Crippen molar-refractivity contribution in [3.05, 3.63) is 71.7 Å². The molecule has 0 saturated carbocycles. The molecule has 0 saturated heterocycles. The molecule has 0 radical (unpaired) electrons. The average molecular weight is 410 g/mol. The van der Waals surface area contributed by atoms with Crippen molar-refractivity contribution in [2.75, 3.05) is 0 Å². The Morgan fingerprint density at radius 2 is 1.68 bits per heavy atom. The van der Waals surface area contributed by atoms with Gasteiger partial charge in [-0.15, -0.1) is 0 Å². The molecule has 6 aromatic rings. The Balaban J connectivity index is 1.94. The van der Waals surface area contributed by atoms with E-state index in [1.165, 1.54) is 38.3 Å². The van der Waals surface area contributed by atoms with Crippen LogP contribution in [0.2, 0.25) is 0 Å². The Kier molecular flexibility index (Phi) is 3.56. The van der Waals surface area contributed by atoms with E-state index in [2.05, 4.69) is 74.0 Å². The Morgan fingerprint density at radius 1 is 0.903 bits per heavy atom. The molecule has 3 heterocycles. The second kappa shape index (κ2) is 5.94. The lowest BCUT2D eigenvalue weighted by Crippen LogP contribution is -2.28. The maximum atomic E-state index is 14.8. The molecule has 3 aromatic heterocycles. The van der Waals surface area contributed by atoms with Gasteiger partial charge in [-0.05, 0) is 53.5 Å². The van der Waals surface area contributed by atoms with Gasteiger partial charge < -0.3 is 4.40 Å². The number of pyridine rings is 2. The molecule has 0 N–H and O–H groups in total. The van der Waals surface area contributed by atoms with Crippen LogP contribution in [-0.4, -0.2) is 4.40 Å². The van der Waals surface area contributed by atoms with Gasteiger partial charge in [0.05, 0.1) is 27.3 Å². The molecule has 0 aliphatic carbocycles. The molecule has 3 aromatic carbocycles. The van der Waals surface area contributed by atoms with E-state index >= 15 is 0 Å². The summed E-state index contributed by atoms with van der Waals surface area (Å²) in [6.45, 7) is 8.98. The summed E-state index contributed by atoms with van der Waals surface area (Å²) in [6, 6.07) is 16.6. The normalized spacial score (nSPS) is 13.0. The lowest BCUT2D eigenvalue weighted by atomic mass is 9.88.